The molecular formula is C12H24N2O. The van der Waals surface area contributed by atoms with Crippen LogP contribution in [0, 0.1) is 10.8 Å². The van der Waals surface area contributed by atoms with Crippen molar-refractivity contribution in [3.63, 3.8) is 0 Å². The van der Waals surface area contributed by atoms with Crippen LogP contribution in [0.3, 0.4) is 0 Å². The molecule has 0 radical (unpaired) electrons. The lowest BCUT2D eigenvalue weighted by molar-refractivity contribution is 0.158. The Morgan fingerprint density at radius 2 is 1.20 bits per heavy atom. The summed E-state index contributed by atoms with van der Waals surface area (Å²) in [4.78, 5) is 0. The van der Waals surface area contributed by atoms with Gasteiger partial charge in [-0.2, -0.15) is 0 Å². The Kier molecular flexibility index (Phi) is 4.56. The minimum absolute atomic E-state index is 0.242. The Labute approximate surface area is 93.2 Å². The zero-order valence-electron chi connectivity index (χ0n) is 10.4. The molecule has 0 saturated heterocycles. The highest BCUT2D eigenvalue weighted by atomic mass is 16.5. The van der Waals surface area contributed by atoms with Crippen LogP contribution in [0.25, 0.3) is 0 Å². The van der Waals surface area contributed by atoms with Gasteiger partial charge in [-0.3, -0.25) is 0 Å². The summed E-state index contributed by atoms with van der Waals surface area (Å²) in [5.41, 5.74) is 10.8. The van der Waals surface area contributed by atoms with Crippen molar-refractivity contribution in [2.75, 3.05) is 13.1 Å². The van der Waals surface area contributed by atoms with E-state index in [1.807, 2.05) is 27.7 Å². The summed E-state index contributed by atoms with van der Waals surface area (Å²) < 4.78 is 5.61. The van der Waals surface area contributed by atoms with Crippen molar-refractivity contribution in [1.29, 1.82) is 0 Å². The Hall–Kier alpha value is -0.800. The predicted octanol–water partition coefficient (Wildman–Crippen LogP) is 2.00. The molecule has 0 unspecified atom stereocenters. The first-order valence-electron chi connectivity index (χ1n) is 5.14. The molecule has 0 saturated carbocycles. The van der Waals surface area contributed by atoms with Crippen molar-refractivity contribution < 1.29 is 4.74 Å². The maximum Gasteiger partial charge on any atom is 0.103 e. The molecule has 3 nitrogen and oxygen atoms in total. The van der Waals surface area contributed by atoms with Gasteiger partial charge < -0.3 is 16.2 Å². The highest BCUT2D eigenvalue weighted by Crippen LogP contribution is 2.31. The molecule has 0 aliphatic rings. The molecular weight excluding hydrogens is 188 g/mol. The van der Waals surface area contributed by atoms with Crippen LogP contribution in [0.1, 0.15) is 27.7 Å². The average Bonchev–Trinajstić information content (AvgIpc) is 2.17. The number of nitrogens with two attached hydrogens (primary N) is 2. The number of ether oxygens (including phenoxy) is 1. The zero-order chi connectivity index (χ0) is 12.3. The second-order valence-electron chi connectivity index (χ2n) is 5.12. The second-order valence-corrected chi connectivity index (χ2v) is 5.12. The molecule has 4 N–H and O–H groups in total. The van der Waals surface area contributed by atoms with E-state index in [-0.39, 0.29) is 10.8 Å². The zero-order valence-corrected chi connectivity index (χ0v) is 10.4. The molecule has 3 heteroatoms. The van der Waals surface area contributed by atoms with E-state index >= 15 is 0 Å². The van der Waals surface area contributed by atoms with Gasteiger partial charge in [0.25, 0.3) is 0 Å². The van der Waals surface area contributed by atoms with Gasteiger partial charge in [-0.05, 0) is 0 Å². The third-order valence-electron chi connectivity index (χ3n) is 2.78. The van der Waals surface area contributed by atoms with Crippen molar-refractivity contribution in [3.05, 3.63) is 24.7 Å². The van der Waals surface area contributed by atoms with Crippen LogP contribution in [-0.4, -0.2) is 13.1 Å². The third-order valence-corrected chi connectivity index (χ3v) is 2.78. The van der Waals surface area contributed by atoms with Crippen LogP contribution in [0.15, 0.2) is 24.7 Å². The van der Waals surface area contributed by atoms with E-state index in [1.54, 1.807) is 0 Å². The highest BCUT2D eigenvalue weighted by Gasteiger charge is 2.27. The number of rotatable bonds is 6. The van der Waals surface area contributed by atoms with Gasteiger partial charge in [0.1, 0.15) is 11.5 Å². The first-order chi connectivity index (χ1) is 6.67. The number of hydrogen-bond donors (Lipinski definition) is 2. The second kappa shape index (κ2) is 4.81. The lowest BCUT2D eigenvalue weighted by Gasteiger charge is -2.31. The molecule has 0 aromatic carbocycles. The number of hydrogen-bond acceptors (Lipinski definition) is 3. The quantitative estimate of drug-likeness (QED) is 0.662. The van der Waals surface area contributed by atoms with E-state index in [0.717, 1.165) is 0 Å². The monoisotopic (exact) mass is 212 g/mol. The van der Waals surface area contributed by atoms with Crippen molar-refractivity contribution in [2.45, 2.75) is 27.7 Å². The van der Waals surface area contributed by atoms with E-state index in [1.165, 1.54) is 0 Å². The van der Waals surface area contributed by atoms with Crippen molar-refractivity contribution >= 4 is 0 Å². The summed E-state index contributed by atoms with van der Waals surface area (Å²) in [5.74, 6) is 1.27. The SMILES string of the molecule is C=C(OC(=C)C(C)(C)CN)C(C)(C)CN. The summed E-state index contributed by atoms with van der Waals surface area (Å²) in [7, 11) is 0. The highest BCUT2D eigenvalue weighted by molar-refractivity contribution is 5.08. The van der Waals surface area contributed by atoms with Crippen molar-refractivity contribution in [2.24, 2.45) is 22.3 Å². The fourth-order valence-corrected chi connectivity index (χ4v) is 0.653. The minimum atomic E-state index is -0.242. The van der Waals surface area contributed by atoms with E-state index < -0.39 is 0 Å². The van der Waals surface area contributed by atoms with Crippen molar-refractivity contribution in [3.8, 4) is 0 Å². The van der Waals surface area contributed by atoms with E-state index in [2.05, 4.69) is 13.2 Å². The smallest absolute Gasteiger partial charge is 0.103 e. The van der Waals surface area contributed by atoms with Gasteiger partial charge >= 0.3 is 0 Å². The standard InChI is InChI=1S/C12H24N2O/c1-9(11(3,4)7-13)15-10(2)12(5,6)8-14/h1-2,7-8,13-14H2,3-6H3. The van der Waals surface area contributed by atoms with E-state index in [4.69, 9.17) is 16.2 Å². The van der Waals surface area contributed by atoms with Crippen LogP contribution >= 0.6 is 0 Å². The molecule has 88 valence electrons. The van der Waals surface area contributed by atoms with E-state index in [9.17, 15) is 0 Å². The lowest BCUT2D eigenvalue weighted by Crippen LogP contribution is -2.30. The van der Waals surface area contributed by atoms with Crippen LogP contribution < -0.4 is 11.5 Å². The third kappa shape index (κ3) is 3.68. The minimum Gasteiger partial charge on any atom is -0.466 e. The molecule has 0 spiro atoms. The Balaban J connectivity index is 4.51. The fourth-order valence-electron chi connectivity index (χ4n) is 0.653. The first kappa shape index (κ1) is 14.2. The lowest BCUT2D eigenvalue weighted by atomic mass is 9.89. The maximum atomic E-state index is 5.63. The molecule has 15 heavy (non-hydrogen) atoms. The molecule has 0 bridgehead atoms. The molecule has 0 rings (SSSR count). The van der Waals surface area contributed by atoms with Crippen LogP contribution in [0.4, 0.5) is 0 Å². The molecule has 0 amide bonds. The van der Waals surface area contributed by atoms with Gasteiger partial charge in [0.05, 0.1) is 0 Å². The van der Waals surface area contributed by atoms with Crippen molar-refractivity contribution in [1.82, 2.24) is 0 Å². The Morgan fingerprint density at radius 3 is 1.40 bits per heavy atom. The topological polar surface area (TPSA) is 61.3 Å². The molecule has 0 aliphatic heterocycles. The predicted molar refractivity (Wildman–Crippen MR) is 65.0 cm³/mol. The van der Waals surface area contributed by atoms with Gasteiger partial charge in [0, 0.05) is 23.9 Å². The van der Waals surface area contributed by atoms with E-state index in [0.29, 0.717) is 24.6 Å². The van der Waals surface area contributed by atoms with Crippen LogP contribution in [0.2, 0.25) is 0 Å². The van der Waals surface area contributed by atoms with Crippen LogP contribution in [0.5, 0.6) is 0 Å². The average molecular weight is 212 g/mol. The molecule has 0 fully saturated rings. The molecule has 0 atom stereocenters. The fraction of sp³-hybridized carbons (Fsp3) is 0.667. The first-order valence-corrected chi connectivity index (χ1v) is 5.14. The summed E-state index contributed by atoms with van der Waals surface area (Å²) >= 11 is 0. The summed E-state index contributed by atoms with van der Waals surface area (Å²) in [6.45, 7) is 16.7. The van der Waals surface area contributed by atoms with Gasteiger partial charge in [0.2, 0.25) is 0 Å². The van der Waals surface area contributed by atoms with Gasteiger partial charge in [0.15, 0.2) is 0 Å². The van der Waals surface area contributed by atoms with Gasteiger partial charge in [-0.1, -0.05) is 40.9 Å². The Bertz CT molecular complexity index is 228. The molecule has 0 aromatic rings. The molecule has 0 heterocycles. The summed E-state index contributed by atoms with van der Waals surface area (Å²) in [6, 6.07) is 0. The maximum absolute atomic E-state index is 5.63. The molecule has 0 aromatic heterocycles. The largest absolute Gasteiger partial charge is 0.466 e. The van der Waals surface area contributed by atoms with Gasteiger partial charge in [-0.15, -0.1) is 0 Å². The Morgan fingerprint density at radius 1 is 0.933 bits per heavy atom. The summed E-state index contributed by atoms with van der Waals surface area (Å²) in [6.07, 6.45) is 0. The summed E-state index contributed by atoms with van der Waals surface area (Å²) in [5, 5.41) is 0. The van der Waals surface area contributed by atoms with Crippen LogP contribution in [-0.2, 0) is 4.74 Å². The molecule has 0 aliphatic carbocycles. The van der Waals surface area contributed by atoms with Gasteiger partial charge in [-0.25, -0.2) is 0 Å². The normalized spacial score (nSPS) is 12.4.